The zero-order valence-corrected chi connectivity index (χ0v) is 73.6. The van der Waals surface area contributed by atoms with Gasteiger partial charge in [-0.2, -0.15) is 0 Å². The minimum Gasteiger partial charge on any atom is -0.236 e. The fourth-order valence-corrected chi connectivity index (χ4v) is 21.9. The Labute approximate surface area is 689 Å². The first-order chi connectivity index (χ1) is 51.0. The van der Waals surface area contributed by atoms with Crippen molar-refractivity contribution in [2.45, 2.75) is 419 Å². The van der Waals surface area contributed by atoms with Crippen molar-refractivity contribution in [1.82, 2.24) is 9.97 Å². The SMILES string of the molecule is C.C.C.C.Cc1cc(-c2ncc(C3CCC(C)CC3)cn2)c(C)c(C)c1C1CCC(C)CC1.Cc1cc(CC2CCC(C)CC2)c(C)c(C)c1CC1CCC(C)CC1.Cc1cc(CC2CCC(CC3CCC(C)CC3)CC2)c(C)c(C)c1C.Cc1cc(Cc2c(C)cc(CC3CCC(C)CC3)c(C)c2C)c(C)c(C)c1C. The Hall–Kier alpha value is -4.82. The van der Waals surface area contributed by atoms with Crippen LogP contribution in [0.1, 0.15) is 408 Å². The Kier molecular flexibility index (Phi) is 37.6. The highest BCUT2D eigenvalue weighted by Gasteiger charge is 2.31. The Bertz CT molecular complexity index is 3830. The molecule has 0 N–H and O–H groups in total. The first kappa shape index (κ1) is 95.0. The smallest absolute Gasteiger partial charge is 0.159 e. The van der Waals surface area contributed by atoms with Crippen molar-refractivity contribution >= 4 is 0 Å². The van der Waals surface area contributed by atoms with E-state index in [1.807, 2.05) is 0 Å². The van der Waals surface area contributed by atoms with Crippen molar-refractivity contribution < 1.29 is 0 Å². The molecule has 13 rings (SSSR count). The minimum absolute atomic E-state index is 0. The maximum absolute atomic E-state index is 4.83. The average Bonchev–Trinajstić information content (AvgIpc) is 0.791. The quantitative estimate of drug-likeness (QED) is 0.102. The van der Waals surface area contributed by atoms with Crippen molar-refractivity contribution in [2.75, 3.05) is 0 Å². The van der Waals surface area contributed by atoms with E-state index in [9.17, 15) is 0 Å². The Morgan fingerprint density at radius 2 is 0.550 bits per heavy atom. The predicted molar refractivity (Wildman–Crippen MR) is 494 cm³/mol. The summed E-state index contributed by atoms with van der Waals surface area (Å²) in [6, 6.07) is 12.3. The van der Waals surface area contributed by atoms with Crippen LogP contribution in [-0.4, -0.2) is 9.97 Å². The summed E-state index contributed by atoms with van der Waals surface area (Å²) in [6.45, 7) is 53.9. The fraction of sp³-hybridized carbons (Fsp3) is 0.688. The lowest BCUT2D eigenvalue weighted by atomic mass is 9.72. The molecule has 2 heteroatoms. The molecule has 7 saturated carbocycles. The third kappa shape index (κ3) is 25.1. The molecule has 620 valence electrons. The number of aryl methyl sites for hydroxylation is 5. The maximum Gasteiger partial charge on any atom is 0.159 e. The van der Waals surface area contributed by atoms with Crippen molar-refractivity contribution in [1.29, 1.82) is 0 Å². The number of hydrogen-bond acceptors (Lipinski definition) is 2. The second kappa shape index (κ2) is 43.9. The summed E-state index contributed by atoms with van der Waals surface area (Å²) in [6.07, 6.45) is 51.9. The average molecular weight is 1510 g/mol. The van der Waals surface area contributed by atoms with E-state index in [1.54, 1.807) is 62.1 Å². The van der Waals surface area contributed by atoms with Crippen LogP contribution in [-0.2, 0) is 32.1 Å². The van der Waals surface area contributed by atoms with E-state index >= 15 is 0 Å². The molecule has 0 radical (unpaired) electrons. The van der Waals surface area contributed by atoms with E-state index in [1.165, 1.54) is 294 Å². The minimum atomic E-state index is 0. The van der Waals surface area contributed by atoms with Gasteiger partial charge >= 0.3 is 0 Å². The second-order valence-electron chi connectivity index (χ2n) is 39.4. The highest BCUT2D eigenvalue weighted by Crippen LogP contribution is 2.45. The summed E-state index contributed by atoms with van der Waals surface area (Å²) in [4.78, 5) is 9.65. The molecule has 0 unspecified atom stereocenters. The number of rotatable bonds is 15. The van der Waals surface area contributed by atoms with Crippen LogP contribution in [0.2, 0.25) is 0 Å². The molecule has 1 aromatic heterocycles. The van der Waals surface area contributed by atoms with Gasteiger partial charge in [0, 0.05) is 18.0 Å². The molecular weight excluding hydrogens is 1340 g/mol. The molecule has 0 saturated heterocycles. The van der Waals surface area contributed by atoms with Crippen LogP contribution in [0.25, 0.3) is 11.4 Å². The molecule has 5 aromatic carbocycles. The lowest BCUT2D eigenvalue weighted by Crippen LogP contribution is -2.21. The summed E-state index contributed by atoms with van der Waals surface area (Å²) in [5, 5.41) is 0. The molecule has 1 heterocycles. The van der Waals surface area contributed by atoms with Gasteiger partial charge in [0.25, 0.3) is 0 Å². The third-order valence-corrected chi connectivity index (χ3v) is 31.4. The molecule has 111 heavy (non-hydrogen) atoms. The Morgan fingerprint density at radius 1 is 0.252 bits per heavy atom. The summed E-state index contributed by atoms with van der Waals surface area (Å²) < 4.78 is 0. The predicted octanol–water partition coefficient (Wildman–Crippen LogP) is 32.8. The van der Waals surface area contributed by atoms with Crippen LogP contribution >= 0.6 is 0 Å². The summed E-state index contributed by atoms with van der Waals surface area (Å²) in [5.74, 6) is 13.7. The van der Waals surface area contributed by atoms with E-state index in [2.05, 4.69) is 202 Å². The van der Waals surface area contributed by atoms with Crippen LogP contribution in [0.4, 0.5) is 0 Å². The highest BCUT2D eigenvalue weighted by atomic mass is 14.9. The molecule has 7 aliphatic carbocycles. The molecule has 7 fully saturated rings. The fourth-order valence-electron chi connectivity index (χ4n) is 21.9. The molecule has 2 nitrogen and oxygen atoms in total. The summed E-state index contributed by atoms with van der Waals surface area (Å²) >= 11 is 0. The van der Waals surface area contributed by atoms with Crippen molar-refractivity contribution in [3.05, 3.63) is 182 Å². The van der Waals surface area contributed by atoms with Gasteiger partial charge in [-0.1, -0.05) is 198 Å². The van der Waals surface area contributed by atoms with Gasteiger partial charge in [0.1, 0.15) is 0 Å². The molecule has 6 aromatic rings. The number of aromatic nitrogens is 2. The van der Waals surface area contributed by atoms with E-state index in [-0.39, 0.29) is 29.7 Å². The molecule has 0 aliphatic heterocycles. The zero-order valence-electron chi connectivity index (χ0n) is 73.6. The van der Waals surface area contributed by atoms with Crippen molar-refractivity contribution in [3.8, 4) is 11.4 Å². The lowest BCUT2D eigenvalue weighted by Gasteiger charge is -2.33. The largest absolute Gasteiger partial charge is 0.236 e. The van der Waals surface area contributed by atoms with Crippen LogP contribution < -0.4 is 0 Å². The van der Waals surface area contributed by atoms with Crippen LogP contribution in [0.5, 0.6) is 0 Å². The standard InChI is InChI=1S/C28H40.C27H38N2.2C25H40.4CH4/c1-17-9-11-25(12-10-17)15-26-14-19(3)28(24(8)23(26)7)16-27-13-18(2)20(4)21(5)22(27)6;1-17-6-10-22(11-7-17)24-15-28-27(29-16-24)25-14-19(3)26(21(5)20(25)4)23-12-8-18(2)9-13-23;1-17-6-10-22(11-7-17)15-24-14-19(3)25(21(5)20(24)4)16-23-12-8-18(2)9-13-23;1-17-6-8-22(9-7-17)15-23-10-12-24(13-11-23)16-25-14-18(2)19(3)20(4)21(25)5;;;;/h13-14,17,25H,9-12,15-16H2,1-8H3;14-18,22-23H,6-13H2,1-5H3;14,17-18,22-23H,6-13,15-16H2,1-5H3;14,17,22-24H,6-13,15-16H2,1-5H3;4*1H4. The van der Waals surface area contributed by atoms with Crippen molar-refractivity contribution in [3.63, 3.8) is 0 Å². The molecular formula is C109H174N2. The zero-order chi connectivity index (χ0) is 77.1. The summed E-state index contributed by atoms with van der Waals surface area (Å²) in [5.41, 5.74) is 39.2. The number of benzene rings is 5. The van der Waals surface area contributed by atoms with E-state index < -0.39 is 0 Å². The van der Waals surface area contributed by atoms with E-state index in [0.717, 1.165) is 89.2 Å². The van der Waals surface area contributed by atoms with Crippen LogP contribution in [0, 0.1) is 189 Å². The molecule has 7 aliphatic rings. The molecule has 0 amide bonds. The van der Waals surface area contributed by atoms with Crippen LogP contribution in [0.3, 0.4) is 0 Å². The molecule has 0 atom stereocenters. The van der Waals surface area contributed by atoms with Gasteiger partial charge in [-0.3, -0.25) is 0 Å². The Balaban J connectivity index is 0.000000229. The molecule has 0 spiro atoms. The van der Waals surface area contributed by atoms with Gasteiger partial charge in [0.05, 0.1) is 0 Å². The van der Waals surface area contributed by atoms with Gasteiger partial charge in [-0.25, -0.2) is 9.97 Å². The van der Waals surface area contributed by atoms with Gasteiger partial charge in [0.2, 0.25) is 0 Å². The van der Waals surface area contributed by atoms with E-state index in [4.69, 9.17) is 9.97 Å². The maximum atomic E-state index is 4.83. The topological polar surface area (TPSA) is 25.8 Å². The van der Waals surface area contributed by atoms with Crippen molar-refractivity contribution in [2.24, 2.45) is 71.0 Å². The first-order valence-electron chi connectivity index (χ1n) is 45.2. The van der Waals surface area contributed by atoms with Gasteiger partial charge in [-0.15, -0.1) is 0 Å². The molecule has 0 bridgehead atoms. The Morgan fingerprint density at radius 3 is 0.955 bits per heavy atom. The summed E-state index contributed by atoms with van der Waals surface area (Å²) in [7, 11) is 0. The van der Waals surface area contributed by atoms with Gasteiger partial charge in [-0.05, 0) is 461 Å². The normalized spacial score (nSPS) is 26.0. The van der Waals surface area contributed by atoms with Gasteiger partial charge in [0.15, 0.2) is 5.82 Å². The number of hydrogen-bond donors (Lipinski definition) is 0. The highest BCUT2D eigenvalue weighted by molar-refractivity contribution is 5.66. The van der Waals surface area contributed by atoms with E-state index in [0.29, 0.717) is 5.92 Å². The van der Waals surface area contributed by atoms with Gasteiger partial charge < -0.3 is 0 Å². The first-order valence-corrected chi connectivity index (χ1v) is 45.2. The monoisotopic (exact) mass is 1510 g/mol. The number of nitrogens with zero attached hydrogens (tertiary/aromatic N) is 2. The lowest BCUT2D eigenvalue weighted by molar-refractivity contribution is 0.195. The van der Waals surface area contributed by atoms with Crippen LogP contribution in [0.15, 0.2) is 42.7 Å². The second-order valence-corrected chi connectivity index (χ2v) is 39.4. The third-order valence-electron chi connectivity index (χ3n) is 31.4.